The lowest BCUT2D eigenvalue weighted by Crippen LogP contribution is -2.35. The average molecular weight is 546 g/mol. The van der Waals surface area contributed by atoms with Crippen LogP contribution in [-0.4, -0.2) is 66.8 Å². The van der Waals surface area contributed by atoms with Crippen molar-refractivity contribution in [1.82, 2.24) is 20.2 Å². The van der Waals surface area contributed by atoms with Crippen LogP contribution in [-0.2, 0) is 13.0 Å². The van der Waals surface area contributed by atoms with Gasteiger partial charge in [-0.3, -0.25) is 0 Å². The second-order valence-corrected chi connectivity index (χ2v) is 11.4. The van der Waals surface area contributed by atoms with Gasteiger partial charge in [0.1, 0.15) is 12.4 Å². The zero-order chi connectivity index (χ0) is 26.8. The van der Waals surface area contributed by atoms with Gasteiger partial charge in [0, 0.05) is 48.4 Å². The van der Waals surface area contributed by atoms with E-state index >= 15 is 0 Å². The molecule has 3 aromatic rings. The highest BCUT2D eigenvalue weighted by Crippen LogP contribution is 2.37. The Morgan fingerprint density at radius 2 is 1.87 bits per heavy atom. The van der Waals surface area contributed by atoms with E-state index in [0.717, 1.165) is 91.3 Å². The Hall–Kier alpha value is -3.28. The first-order valence-electron chi connectivity index (χ1n) is 14.2. The Kier molecular flexibility index (Phi) is 7.62. The number of aromatic nitrogens is 2. The van der Waals surface area contributed by atoms with Crippen LogP contribution in [0, 0.1) is 11.5 Å². The third-order valence-electron chi connectivity index (χ3n) is 8.57. The van der Waals surface area contributed by atoms with Crippen LogP contribution in [0.5, 0.6) is 6.01 Å². The van der Waals surface area contributed by atoms with E-state index in [0.29, 0.717) is 25.2 Å². The smallest absolute Gasteiger partial charge is 0.318 e. The SMILES string of the molecule is CN1CCC[C@H]1COc1nc2c(c(N3CCCC(NC#N)CC3)n1)CCN(c1cccc3cccc(Cl)c13)C2. The lowest BCUT2D eigenvalue weighted by atomic mass is 10.0. The fraction of sp³-hybridized carbons (Fsp3) is 0.500. The number of hydrogen-bond donors (Lipinski definition) is 1. The Bertz CT molecular complexity index is 1370. The maximum atomic E-state index is 9.13. The van der Waals surface area contributed by atoms with Gasteiger partial charge in [-0.1, -0.05) is 35.9 Å². The van der Waals surface area contributed by atoms with Crippen molar-refractivity contribution < 1.29 is 4.74 Å². The van der Waals surface area contributed by atoms with Crippen molar-refractivity contribution in [2.45, 2.75) is 57.2 Å². The van der Waals surface area contributed by atoms with Crippen molar-refractivity contribution in [3.8, 4) is 12.2 Å². The predicted molar refractivity (Wildman–Crippen MR) is 155 cm³/mol. The molecule has 9 heteroatoms. The molecule has 0 saturated carbocycles. The van der Waals surface area contributed by atoms with Crippen molar-refractivity contribution in [3.63, 3.8) is 0 Å². The normalized spacial score (nSPS) is 21.9. The number of fused-ring (bicyclic) bond motifs is 2. The van der Waals surface area contributed by atoms with Gasteiger partial charge in [0.05, 0.1) is 17.3 Å². The zero-order valence-electron chi connectivity index (χ0n) is 22.6. The van der Waals surface area contributed by atoms with Gasteiger partial charge >= 0.3 is 6.01 Å². The summed E-state index contributed by atoms with van der Waals surface area (Å²) in [7, 11) is 2.16. The van der Waals surface area contributed by atoms with Gasteiger partial charge in [0.25, 0.3) is 0 Å². The van der Waals surface area contributed by atoms with E-state index in [9.17, 15) is 0 Å². The predicted octanol–water partition coefficient (Wildman–Crippen LogP) is 4.75. The summed E-state index contributed by atoms with van der Waals surface area (Å²) >= 11 is 6.69. The second-order valence-electron chi connectivity index (χ2n) is 11.0. The van der Waals surface area contributed by atoms with Gasteiger partial charge in [0.15, 0.2) is 6.19 Å². The topological polar surface area (TPSA) is 80.5 Å². The molecule has 0 amide bonds. The molecular formula is C30H36ClN7O. The molecule has 4 heterocycles. The molecule has 8 nitrogen and oxygen atoms in total. The molecule has 1 N–H and O–H groups in total. The summed E-state index contributed by atoms with van der Waals surface area (Å²) in [6, 6.07) is 13.5. The second kappa shape index (κ2) is 11.4. The number of hydrogen-bond acceptors (Lipinski definition) is 8. The molecule has 0 radical (unpaired) electrons. The molecular weight excluding hydrogens is 510 g/mol. The first-order chi connectivity index (χ1) is 19.1. The van der Waals surface area contributed by atoms with Crippen molar-refractivity contribution >= 4 is 33.9 Å². The molecule has 1 aromatic heterocycles. The van der Waals surface area contributed by atoms with Crippen LogP contribution in [0.4, 0.5) is 11.5 Å². The summed E-state index contributed by atoms with van der Waals surface area (Å²) in [4.78, 5) is 17.1. The summed E-state index contributed by atoms with van der Waals surface area (Å²) in [5.41, 5.74) is 3.38. The quantitative estimate of drug-likeness (QED) is 0.351. The summed E-state index contributed by atoms with van der Waals surface area (Å²) in [6.07, 6.45) is 8.25. The Morgan fingerprint density at radius 1 is 1.03 bits per heavy atom. The number of nitriles is 1. The summed E-state index contributed by atoms with van der Waals surface area (Å²) < 4.78 is 6.29. The number of ether oxygens (including phenoxy) is 1. The summed E-state index contributed by atoms with van der Waals surface area (Å²) in [5.74, 6) is 1.00. The Morgan fingerprint density at radius 3 is 2.69 bits per heavy atom. The highest BCUT2D eigenvalue weighted by Gasteiger charge is 2.29. The third kappa shape index (κ3) is 5.43. The molecule has 3 aliphatic rings. The zero-order valence-corrected chi connectivity index (χ0v) is 23.3. The monoisotopic (exact) mass is 545 g/mol. The number of benzene rings is 2. The summed E-state index contributed by atoms with van der Waals surface area (Å²) in [5, 5.41) is 15.1. The molecule has 2 aromatic carbocycles. The molecule has 39 heavy (non-hydrogen) atoms. The van der Waals surface area contributed by atoms with Gasteiger partial charge in [-0.25, -0.2) is 0 Å². The van der Waals surface area contributed by atoms with Gasteiger partial charge in [-0.05, 0) is 69.6 Å². The van der Waals surface area contributed by atoms with Crippen LogP contribution in [0.25, 0.3) is 10.8 Å². The van der Waals surface area contributed by atoms with Gasteiger partial charge in [0.2, 0.25) is 0 Å². The molecule has 6 rings (SSSR count). The first kappa shape index (κ1) is 26.0. The largest absolute Gasteiger partial charge is 0.462 e. The maximum absolute atomic E-state index is 9.13. The fourth-order valence-electron chi connectivity index (χ4n) is 6.36. The van der Waals surface area contributed by atoms with Crippen LogP contribution < -0.4 is 19.9 Å². The number of rotatable bonds is 6. The van der Waals surface area contributed by atoms with Crippen molar-refractivity contribution in [3.05, 3.63) is 52.7 Å². The van der Waals surface area contributed by atoms with Crippen LogP contribution in [0.2, 0.25) is 5.02 Å². The van der Waals surface area contributed by atoms with Crippen LogP contribution in [0.3, 0.4) is 0 Å². The lowest BCUT2D eigenvalue weighted by Gasteiger charge is -2.34. The van der Waals surface area contributed by atoms with E-state index in [1.54, 1.807) is 0 Å². The molecule has 0 aliphatic carbocycles. The number of nitrogens with zero attached hydrogens (tertiary/aromatic N) is 6. The number of halogens is 1. The number of anilines is 2. The highest BCUT2D eigenvalue weighted by molar-refractivity contribution is 6.36. The lowest BCUT2D eigenvalue weighted by molar-refractivity contribution is 0.187. The molecule has 2 fully saturated rings. The fourth-order valence-corrected chi connectivity index (χ4v) is 6.64. The van der Waals surface area contributed by atoms with Crippen molar-refractivity contribution in [2.75, 3.05) is 49.6 Å². The summed E-state index contributed by atoms with van der Waals surface area (Å²) in [6.45, 7) is 5.04. The van der Waals surface area contributed by atoms with Crippen molar-refractivity contribution in [2.24, 2.45) is 0 Å². The van der Waals surface area contributed by atoms with E-state index in [4.69, 9.17) is 31.6 Å². The minimum atomic E-state index is 0.220. The minimum absolute atomic E-state index is 0.220. The number of nitrogens with one attached hydrogen (secondary N) is 1. The van der Waals surface area contributed by atoms with Gasteiger partial charge < -0.3 is 24.8 Å². The molecule has 1 unspecified atom stereocenters. The third-order valence-corrected chi connectivity index (χ3v) is 8.88. The standard InChI is InChI=1S/C30H36ClN7O/c1-36-14-5-9-23(36)19-39-30-34-26-18-38(27-11-3-7-21-6-2-10-25(31)28(21)27)17-13-24(26)29(35-30)37-15-4-8-22(12-16-37)33-20-32/h2-3,6-7,10-11,22-23,33H,4-5,8-9,12-19H2,1H3/t22?,23-/m0/s1. The van der Waals surface area contributed by atoms with Crippen LogP contribution in [0.15, 0.2) is 36.4 Å². The molecule has 3 aliphatic heterocycles. The first-order valence-corrected chi connectivity index (χ1v) is 14.5. The maximum Gasteiger partial charge on any atom is 0.318 e. The molecule has 204 valence electrons. The van der Waals surface area contributed by atoms with Crippen LogP contribution in [0.1, 0.15) is 43.4 Å². The number of likely N-dealkylation sites (tertiary alicyclic amines) is 1. The van der Waals surface area contributed by atoms with Crippen molar-refractivity contribution in [1.29, 1.82) is 5.26 Å². The Balaban J connectivity index is 1.32. The Labute approximate surface area is 235 Å². The van der Waals surface area contributed by atoms with E-state index in [1.807, 2.05) is 12.1 Å². The van der Waals surface area contributed by atoms with E-state index in [-0.39, 0.29) is 6.04 Å². The van der Waals surface area contributed by atoms with E-state index < -0.39 is 0 Å². The van der Waals surface area contributed by atoms with E-state index in [2.05, 4.69) is 57.5 Å². The van der Waals surface area contributed by atoms with Crippen LogP contribution >= 0.6 is 11.6 Å². The average Bonchev–Trinajstić information content (AvgIpc) is 3.22. The van der Waals surface area contributed by atoms with Gasteiger partial charge in [-0.15, -0.1) is 0 Å². The van der Waals surface area contributed by atoms with Gasteiger partial charge in [-0.2, -0.15) is 15.2 Å². The molecule has 2 saturated heterocycles. The van der Waals surface area contributed by atoms with E-state index in [1.165, 1.54) is 12.0 Å². The molecule has 0 spiro atoms. The number of likely N-dealkylation sites (N-methyl/N-ethyl adjacent to an activating group) is 1. The molecule has 2 atom stereocenters. The highest BCUT2D eigenvalue weighted by atomic mass is 35.5. The molecule has 0 bridgehead atoms. The minimum Gasteiger partial charge on any atom is -0.462 e.